The van der Waals surface area contributed by atoms with Crippen molar-refractivity contribution in [3.8, 4) is 0 Å². The Morgan fingerprint density at radius 1 is 1.33 bits per heavy atom. The highest BCUT2D eigenvalue weighted by Crippen LogP contribution is 2.19. The number of rotatable bonds is 2. The standard InChI is InChI=1S/C7H12N4O2S2/c8-15(12,13)11-4-2-10(3-5-11)7-9-1-6-14-7/h1,6H,2-5H2,(H2,8,12,13). The van der Waals surface area contributed by atoms with Crippen LogP contribution in [0.15, 0.2) is 11.6 Å². The van der Waals surface area contributed by atoms with Crippen molar-refractivity contribution in [2.45, 2.75) is 0 Å². The summed E-state index contributed by atoms with van der Waals surface area (Å²) in [6, 6.07) is 0. The van der Waals surface area contributed by atoms with Gasteiger partial charge in [-0.2, -0.15) is 12.7 Å². The summed E-state index contributed by atoms with van der Waals surface area (Å²) >= 11 is 1.55. The normalized spacial score (nSPS) is 19.4. The molecule has 1 aliphatic rings. The van der Waals surface area contributed by atoms with Gasteiger partial charge in [0.05, 0.1) is 0 Å². The molecule has 0 saturated carbocycles. The lowest BCUT2D eigenvalue weighted by molar-refractivity contribution is 0.385. The molecule has 0 aliphatic carbocycles. The summed E-state index contributed by atoms with van der Waals surface area (Å²) in [7, 11) is -3.53. The fraction of sp³-hybridized carbons (Fsp3) is 0.571. The number of anilines is 1. The van der Waals surface area contributed by atoms with Crippen LogP contribution in [0.2, 0.25) is 0 Å². The van der Waals surface area contributed by atoms with Gasteiger partial charge in [0.1, 0.15) is 0 Å². The molecule has 0 spiro atoms. The summed E-state index contributed by atoms with van der Waals surface area (Å²) < 4.78 is 23.4. The maximum atomic E-state index is 11.1. The van der Waals surface area contributed by atoms with Gasteiger partial charge in [-0.1, -0.05) is 0 Å². The third-order valence-electron chi connectivity index (χ3n) is 2.29. The predicted octanol–water partition coefficient (Wildman–Crippen LogP) is -0.531. The van der Waals surface area contributed by atoms with Crippen molar-refractivity contribution in [1.29, 1.82) is 0 Å². The quantitative estimate of drug-likeness (QED) is 0.763. The predicted molar refractivity (Wildman–Crippen MR) is 59.0 cm³/mol. The lowest BCUT2D eigenvalue weighted by atomic mass is 10.4. The molecular formula is C7H12N4O2S2. The number of nitrogens with two attached hydrogens (primary N) is 1. The Bertz CT molecular complexity index is 408. The van der Waals surface area contributed by atoms with E-state index in [1.54, 1.807) is 17.5 Å². The second-order valence-electron chi connectivity index (χ2n) is 3.25. The van der Waals surface area contributed by atoms with E-state index in [1.165, 1.54) is 4.31 Å². The molecule has 1 aromatic heterocycles. The smallest absolute Gasteiger partial charge is 0.277 e. The summed E-state index contributed by atoms with van der Waals surface area (Å²) in [5.74, 6) is 0. The van der Waals surface area contributed by atoms with E-state index < -0.39 is 10.2 Å². The first kappa shape index (κ1) is 10.8. The largest absolute Gasteiger partial charge is 0.345 e. The molecule has 2 N–H and O–H groups in total. The minimum absolute atomic E-state index is 0.429. The third-order valence-corrected chi connectivity index (χ3v) is 4.21. The zero-order chi connectivity index (χ0) is 10.9. The van der Waals surface area contributed by atoms with Crippen molar-refractivity contribution in [2.24, 2.45) is 5.14 Å². The van der Waals surface area contributed by atoms with Crippen LogP contribution < -0.4 is 10.0 Å². The molecule has 6 nitrogen and oxygen atoms in total. The maximum absolute atomic E-state index is 11.1. The molecule has 84 valence electrons. The Kier molecular flexibility index (Phi) is 2.91. The van der Waals surface area contributed by atoms with Crippen molar-refractivity contribution in [1.82, 2.24) is 9.29 Å². The lowest BCUT2D eigenvalue weighted by Gasteiger charge is -2.32. The van der Waals surface area contributed by atoms with Crippen molar-refractivity contribution in [3.05, 3.63) is 11.6 Å². The molecule has 0 bridgehead atoms. The highest BCUT2D eigenvalue weighted by molar-refractivity contribution is 7.86. The molecule has 0 unspecified atom stereocenters. The van der Waals surface area contributed by atoms with Crippen molar-refractivity contribution in [2.75, 3.05) is 31.1 Å². The minimum Gasteiger partial charge on any atom is -0.345 e. The number of aromatic nitrogens is 1. The third kappa shape index (κ3) is 2.46. The van der Waals surface area contributed by atoms with Crippen LogP contribution in [-0.4, -0.2) is 43.9 Å². The first-order chi connectivity index (χ1) is 7.07. The molecule has 2 heterocycles. The molecular weight excluding hydrogens is 236 g/mol. The van der Waals surface area contributed by atoms with Gasteiger partial charge in [-0.05, 0) is 0 Å². The monoisotopic (exact) mass is 248 g/mol. The topological polar surface area (TPSA) is 79.5 Å². The number of thiazole rings is 1. The highest BCUT2D eigenvalue weighted by atomic mass is 32.2. The zero-order valence-electron chi connectivity index (χ0n) is 8.04. The molecule has 1 aromatic rings. The van der Waals surface area contributed by atoms with Crippen molar-refractivity contribution in [3.63, 3.8) is 0 Å². The van der Waals surface area contributed by atoms with Gasteiger partial charge in [-0.3, -0.25) is 0 Å². The van der Waals surface area contributed by atoms with Crippen LogP contribution in [0.4, 0.5) is 5.13 Å². The average molecular weight is 248 g/mol. The SMILES string of the molecule is NS(=O)(=O)N1CCN(c2nccs2)CC1. The number of nitrogens with zero attached hydrogens (tertiary/aromatic N) is 3. The van der Waals surface area contributed by atoms with E-state index in [4.69, 9.17) is 5.14 Å². The summed E-state index contributed by atoms with van der Waals surface area (Å²) in [5.41, 5.74) is 0. The molecule has 0 atom stereocenters. The Hall–Kier alpha value is -0.700. The van der Waals surface area contributed by atoms with E-state index in [2.05, 4.69) is 9.88 Å². The molecule has 0 radical (unpaired) electrons. The van der Waals surface area contributed by atoms with Crippen LogP contribution in [0.1, 0.15) is 0 Å². The first-order valence-corrected chi connectivity index (χ1v) is 6.88. The second-order valence-corrected chi connectivity index (χ2v) is 5.67. The minimum atomic E-state index is -3.53. The molecule has 1 aliphatic heterocycles. The van der Waals surface area contributed by atoms with Crippen LogP contribution in [0.25, 0.3) is 0 Å². The molecule has 8 heteroatoms. The zero-order valence-corrected chi connectivity index (χ0v) is 9.67. The van der Waals surface area contributed by atoms with Gasteiger partial charge < -0.3 is 4.90 Å². The van der Waals surface area contributed by atoms with Gasteiger partial charge in [0, 0.05) is 37.8 Å². The fourth-order valence-electron chi connectivity index (χ4n) is 1.51. The first-order valence-electron chi connectivity index (χ1n) is 4.50. The van der Waals surface area contributed by atoms with E-state index in [0.717, 1.165) is 5.13 Å². The summed E-state index contributed by atoms with van der Waals surface area (Å²) in [4.78, 5) is 6.23. The molecule has 1 fully saturated rings. The average Bonchev–Trinajstić information content (AvgIpc) is 2.69. The number of hydrogen-bond acceptors (Lipinski definition) is 5. The van der Waals surface area contributed by atoms with E-state index in [-0.39, 0.29) is 0 Å². The lowest BCUT2D eigenvalue weighted by Crippen LogP contribution is -2.50. The Balaban J connectivity index is 1.99. The van der Waals surface area contributed by atoms with E-state index in [1.807, 2.05) is 5.38 Å². The van der Waals surface area contributed by atoms with Crippen molar-refractivity contribution < 1.29 is 8.42 Å². The summed E-state index contributed by atoms with van der Waals surface area (Å²) in [5, 5.41) is 7.88. The molecule has 2 rings (SSSR count). The van der Waals surface area contributed by atoms with Gasteiger partial charge in [0.25, 0.3) is 10.2 Å². The van der Waals surface area contributed by atoms with Crippen LogP contribution in [-0.2, 0) is 10.2 Å². The van der Waals surface area contributed by atoms with Crippen LogP contribution in [0.3, 0.4) is 0 Å². The molecule has 15 heavy (non-hydrogen) atoms. The highest BCUT2D eigenvalue weighted by Gasteiger charge is 2.24. The summed E-state index contributed by atoms with van der Waals surface area (Å²) in [6.07, 6.45) is 1.74. The van der Waals surface area contributed by atoms with Gasteiger partial charge in [-0.25, -0.2) is 10.1 Å². The number of hydrogen-bond donors (Lipinski definition) is 1. The van der Waals surface area contributed by atoms with Crippen LogP contribution in [0.5, 0.6) is 0 Å². The Morgan fingerprint density at radius 3 is 2.47 bits per heavy atom. The maximum Gasteiger partial charge on any atom is 0.277 e. The van der Waals surface area contributed by atoms with Crippen molar-refractivity contribution >= 4 is 26.7 Å². The molecule has 0 amide bonds. The summed E-state index contributed by atoms with van der Waals surface area (Å²) in [6.45, 7) is 2.14. The van der Waals surface area contributed by atoms with E-state index in [0.29, 0.717) is 26.2 Å². The number of piperazine rings is 1. The van der Waals surface area contributed by atoms with Gasteiger partial charge in [-0.15, -0.1) is 11.3 Å². The Morgan fingerprint density at radius 2 is 2.00 bits per heavy atom. The van der Waals surface area contributed by atoms with Gasteiger partial charge >= 0.3 is 0 Å². The van der Waals surface area contributed by atoms with E-state index in [9.17, 15) is 8.42 Å². The van der Waals surface area contributed by atoms with Gasteiger partial charge in [0.15, 0.2) is 5.13 Å². The van der Waals surface area contributed by atoms with Crippen LogP contribution in [0, 0.1) is 0 Å². The molecule has 1 saturated heterocycles. The Labute approximate surface area is 92.5 Å². The fourth-order valence-corrected chi connectivity index (χ4v) is 2.88. The van der Waals surface area contributed by atoms with Crippen LogP contribution >= 0.6 is 11.3 Å². The second kappa shape index (κ2) is 4.05. The van der Waals surface area contributed by atoms with E-state index >= 15 is 0 Å². The molecule has 0 aromatic carbocycles. The van der Waals surface area contributed by atoms with Gasteiger partial charge in [0.2, 0.25) is 0 Å².